The summed E-state index contributed by atoms with van der Waals surface area (Å²) in [6, 6.07) is 7.26. The van der Waals surface area contributed by atoms with Gasteiger partial charge in [-0.3, -0.25) is 4.79 Å². The fourth-order valence-electron chi connectivity index (χ4n) is 2.34. The van der Waals surface area contributed by atoms with Gasteiger partial charge in [0.15, 0.2) is 5.60 Å². The van der Waals surface area contributed by atoms with Gasteiger partial charge in [-0.2, -0.15) is 0 Å². The molecule has 1 atom stereocenters. The fourth-order valence-corrected chi connectivity index (χ4v) is 3.41. The maximum absolute atomic E-state index is 12.4. The highest BCUT2D eigenvalue weighted by Crippen LogP contribution is 2.28. The first-order valence-corrected chi connectivity index (χ1v) is 8.24. The molecule has 0 saturated carbocycles. The lowest BCUT2D eigenvalue weighted by molar-refractivity contribution is -0.165. The number of carbonyl (C=O) groups excluding carboxylic acids is 1. The molecule has 1 aromatic carbocycles. The summed E-state index contributed by atoms with van der Waals surface area (Å²) in [5, 5.41) is 19.2. The van der Waals surface area contributed by atoms with Crippen LogP contribution in [0, 0.1) is 0 Å². The van der Waals surface area contributed by atoms with Gasteiger partial charge in [0, 0.05) is 35.8 Å². The van der Waals surface area contributed by atoms with Crippen molar-refractivity contribution in [3.8, 4) is 0 Å². The first kappa shape index (κ1) is 17.1. The van der Waals surface area contributed by atoms with Crippen LogP contribution in [0.15, 0.2) is 29.2 Å². The van der Waals surface area contributed by atoms with Crippen LogP contribution in [0.5, 0.6) is 0 Å². The number of rotatable bonds is 4. The van der Waals surface area contributed by atoms with Crippen LogP contribution in [0.2, 0.25) is 5.02 Å². The second kappa shape index (κ2) is 6.89. The number of hydrogen-bond donors (Lipinski definition) is 2. The third kappa shape index (κ3) is 3.94. The first-order valence-electron chi connectivity index (χ1n) is 6.98. The van der Waals surface area contributed by atoms with E-state index in [1.165, 1.54) is 11.8 Å². The van der Waals surface area contributed by atoms with Gasteiger partial charge in [-0.25, -0.2) is 4.79 Å². The molecule has 120 valence electrons. The number of hydrogen-bond acceptors (Lipinski definition) is 4. The van der Waals surface area contributed by atoms with E-state index in [0.29, 0.717) is 5.02 Å². The molecular weight excluding hydrogens is 326 g/mol. The lowest BCUT2D eigenvalue weighted by atomic mass is 9.91. The molecule has 5 nitrogen and oxygen atoms in total. The Morgan fingerprint density at radius 3 is 2.32 bits per heavy atom. The molecule has 7 heteroatoms. The third-order valence-corrected chi connectivity index (χ3v) is 5.13. The molecule has 2 rings (SSSR count). The summed E-state index contributed by atoms with van der Waals surface area (Å²) < 4.78 is 0. The predicted molar refractivity (Wildman–Crippen MR) is 85.2 cm³/mol. The number of aliphatic carboxylic acids is 1. The number of aliphatic hydroxyl groups is 1. The van der Waals surface area contributed by atoms with E-state index in [-0.39, 0.29) is 37.1 Å². The van der Waals surface area contributed by atoms with Crippen molar-refractivity contribution in [2.75, 3.05) is 13.1 Å². The molecule has 0 bridgehead atoms. The van der Waals surface area contributed by atoms with E-state index in [1.54, 1.807) is 17.0 Å². The summed E-state index contributed by atoms with van der Waals surface area (Å²) in [4.78, 5) is 26.0. The maximum Gasteiger partial charge on any atom is 0.335 e. The molecule has 1 amide bonds. The average molecular weight is 344 g/mol. The smallest absolute Gasteiger partial charge is 0.335 e. The van der Waals surface area contributed by atoms with E-state index < -0.39 is 11.6 Å². The summed E-state index contributed by atoms with van der Waals surface area (Å²) in [7, 11) is 0. The van der Waals surface area contributed by atoms with Gasteiger partial charge in [-0.1, -0.05) is 11.6 Å². The number of carboxylic acid groups (broad SMARTS) is 1. The van der Waals surface area contributed by atoms with Crippen molar-refractivity contribution in [1.82, 2.24) is 4.90 Å². The number of carboxylic acids is 1. The number of piperidine rings is 1. The molecule has 1 saturated heterocycles. The summed E-state index contributed by atoms with van der Waals surface area (Å²) in [6.07, 6.45) is 0.124. The Labute approximate surface area is 138 Å². The minimum absolute atomic E-state index is 0.0487. The van der Waals surface area contributed by atoms with Crippen LogP contribution in [0.1, 0.15) is 19.8 Å². The molecule has 1 heterocycles. The number of amides is 1. The number of halogens is 1. The van der Waals surface area contributed by atoms with Gasteiger partial charge in [0.05, 0.1) is 5.25 Å². The Balaban J connectivity index is 1.92. The minimum Gasteiger partial charge on any atom is -0.479 e. The molecule has 1 aliphatic heterocycles. The highest BCUT2D eigenvalue weighted by molar-refractivity contribution is 8.00. The number of benzene rings is 1. The van der Waals surface area contributed by atoms with Crippen molar-refractivity contribution in [1.29, 1.82) is 0 Å². The molecule has 1 unspecified atom stereocenters. The van der Waals surface area contributed by atoms with Crippen molar-refractivity contribution >= 4 is 35.2 Å². The molecular formula is C15H18ClNO4S. The molecule has 22 heavy (non-hydrogen) atoms. The largest absolute Gasteiger partial charge is 0.479 e. The fraction of sp³-hybridized carbons (Fsp3) is 0.467. The minimum atomic E-state index is -1.71. The van der Waals surface area contributed by atoms with Gasteiger partial charge in [0.1, 0.15) is 0 Å². The molecule has 2 N–H and O–H groups in total. The quantitative estimate of drug-likeness (QED) is 0.820. The molecule has 1 fully saturated rings. The highest BCUT2D eigenvalue weighted by Gasteiger charge is 2.40. The summed E-state index contributed by atoms with van der Waals surface area (Å²) in [5.41, 5.74) is -1.71. The van der Waals surface area contributed by atoms with Gasteiger partial charge in [0.2, 0.25) is 5.91 Å². The Hall–Kier alpha value is -1.24. The molecule has 1 aliphatic rings. The number of nitrogens with zero attached hydrogens (tertiary/aromatic N) is 1. The van der Waals surface area contributed by atoms with Crippen LogP contribution >= 0.6 is 23.4 Å². The van der Waals surface area contributed by atoms with E-state index in [0.717, 1.165) is 4.90 Å². The Morgan fingerprint density at radius 1 is 1.27 bits per heavy atom. The van der Waals surface area contributed by atoms with Crippen molar-refractivity contribution in [3.63, 3.8) is 0 Å². The van der Waals surface area contributed by atoms with Gasteiger partial charge in [0.25, 0.3) is 0 Å². The van der Waals surface area contributed by atoms with Crippen LogP contribution in [0.4, 0.5) is 0 Å². The van der Waals surface area contributed by atoms with E-state index >= 15 is 0 Å². The van der Waals surface area contributed by atoms with Gasteiger partial charge in [-0.05, 0) is 31.2 Å². The molecule has 0 radical (unpaired) electrons. The van der Waals surface area contributed by atoms with Crippen molar-refractivity contribution in [3.05, 3.63) is 29.3 Å². The average Bonchev–Trinajstić information content (AvgIpc) is 2.49. The number of thioether (sulfide) groups is 1. The Kier molecular flexibility index (Phi) is 5.36. The lowest BCUT2D eigenvalue weighted by Crippen LogP contribution is -2.52. The van der Waals surface area contributed by atoms with E-state index in [1.807, 2.05) is 19.1 Å². The Bertz CT molecular complexity index is 555. The molecule has 0 aromatic heterocycles. The number of carbonyl (C=O) groups is 2. The summed E-state index contributed by atoms with van der Waals surface area (Å²) in [6.45, 7) is 2.33. The SMILES string of the molecule is CC(Sc1ccc(Cl)cc1)C(=O)N1CCC(O)(C(=O)O)CC1. The molecule has 1 aromatic rings. The second-order valence-corrected chi connectivity index (χ2v) is 7.23. The zero-order valence-electron chi connectivity index (χ0n) is 12.2. The van der Waals surface area contributed by atoms with E-state index in [4.69, 9.17) is 16.7 Å². The summed E-state index contributed by atoms with van der Waals surface area (Å²) >= 11 is 7.26. The van der Waals surface area contributed by atoms with Crippen LogP contribution in [0.3, 0.4) is 0 Å². The standard InChI is InChI=1S/C15H18ClNO4S/c1-10(22-12-4-2-11(16)3-5-12)13(18)17-8-6-15(21,7-9-17)14(19)20/h2-5,10,21H,6-9H2,1H3,(H,19,20). The molecule has 0 spiro atoms. The zero-order chi connectivity index (χ0) is 16.3. The topological polar surface area (TPSA) is 77.8 Å². The monoisotopic (exact) mass is 343 g/mol. The highest BCUT2D eigenvalue weighted by atomic mass is 35.5. The first-order chi connectivity index (χ1) is 10.3. The molecule has 0 aliphatic carbocycles. The van der Waals surface area contributed by atoms with Crippen molar-refractivity contribution < 1.29 is 19.8 Å². The Morgan fingerprint density at radius 2 is 1.82 bits per heavy atom. The maximum atomic E-state index is 12.4. The van der Waals surface area contributed by atoms with Gasteiger partial charge in [-0.15, -0.1) is 11.8 Å². The third-order valence-electron chi connectivity index (χ3n) is 3.77. The lowest BCUT2D eigenvalue weighted by Gasteiger charge is -2.36. The second-order valence-electron chi connectivity index (χ2n) is 5.38. The summed E-state index contributed by atoms with van der Waals surface area (Å²) in [5.74, 6) is -1.27. The zero-order valence-corrected chi connectivity index (χ0v) is 13.7. The number of likely N-dealkylation sites (tertiary alicyclic amines) is 1. The van der Waals surface area contributed by atoms with Crippen LogP contribution in [-0.2, 0) is 9.59 Å². The van der Waals surface area contributed by atoms with Crippen molar-refractivity contribution in [2.45, 2.75) is 35.5 Å². The van der Waals surface area contributed by atoms with Crippen LogP contribution in [-0.4, -0.2) is 50.9 Å². The van der Waals surface area contributed by atoms with E-state index in [9.17, 15) is 14.7 Å². The van der Waals surface area contributed by atoms with E-state index in [2.05, 4.69) is 0 Å². The van der Waals surface area contributed by atoms with Gasteiger partial charge >= 0.3 is 5.97 Å². The van der Waals surface area contributed by atoms with Gasteiger partial charge < -0.3 is 15.1 Å². The van der Waals surface area contributed by atoms with Crippen LogP contribution < -0.4 is 0 Å². The predicted octanol–water partition coefficient (Wildman–Crippen LogP) is 2.26. The normalized spacial score (nSPS) is 18.8. The van der Waals surface area contributed by atoms with Crippen molar-refractivity contribution in [2.24, 2.45) is 0 Å². The van der Waals surface area contributed by atoms with Crippen LogP contribution in [0.25, 0.3) is 0 Å².